The van der Waals surface area contributed by atoms with Gasteiger partial charge < -0.3 is 4.74 Å². The molecule has 0 atom stereocenters. The molecule has 56 heavy (non-hydrogen) atoms. The fourth-order valence-electron chi connectivity index (χ4n) is 4.63. The number of para-hydroxylation sites is 2. The molecule has 0 aliphatic carbocycles. The Bertz CT molecular complexity index is 1420. The smallest absolute Gasteiger partial charge is 0.127 e. The number of unbranched alkanes of at least 4 members (excludes halogenated alkanes) is 3. The first kappa shape index (κ1) is 53.6. The average Bonchev–Trinajstić information content (AvgIpc) is 3.28. The second kappa shape index (κ2) is 38.7. The first-order valence-corrected chi connectivity index (χ1v) is 22.0. The largest absolute Gasteiger partial charge is 0.457 e. The third-order valence-electron chi connectivity index (χ3n) is 7.56. The molecule has 0 fully saturated rings. The fraction of sp³-hybridized carbons (Fsp3) is 0.333. The van der Waals surface area contributed by atoms with Crippen LogP contribution < -0.4 is 4.74 Å². The molecule has 0 heterocycles. The van der Waals surface area contributed by atoms with Crippen molar-refractivity contribution in [2.45, 2.75) is 131 Å². The second-order valence-electron chi connectivity index (χ2n) is 11.7. The number of rotatable bonds is 9. The summed E-state index contributed by atoms with van der Waals surface area (Å²) in [6.07, 6.45) is 5.54. The topological polar surface area (TPSA) is 9.23 Å². The van der Waals surface area contributed by atoms with E-state index in [-0.39, 0.29) is 0 Å². The van der Waals surface area contributed by atoms with E-state index in [9.17, 15) is 0 Å². The summed E-state index contributed by atoms with van der Waals surface area (Å²) in [5, 5.41) is 0. The normalized spacial score (nSPS) is 8.96. The van der Waals surface area contributed by atoms with Gasteiger partial charge in [-0.2, -0.15) is 0 Å². The first-order chi connectivity index (χ1) is 27.5. The summed E-state index contributed by atoms with van der Waals surface area (Å²) >= 11 is 1.79. The summed E-state index contributed by atoms with van der Waals surface area (Å²) in [5.41, 5.74) is 5.41. The standard InChI is InChI=1S/C16H18.C12H10O.C12H10S.C6H14.4C2H6/c1-12-4-8-15(9-5-12)14(3)16-10-6-13(2)7-11-16;2*1-3-7-11(8-4-1)13-12-9-5-2-6-10-12;1-3-5-6-4-2;4*1-2/h4-11,14H,1-3H3;2*1-10H;3-6H2,1-2H3;4*1-2H3. The molecule has 0 amide bonds. The third-order valence-corrected chi connectivity index (χ3v) is 8.57. The summed E-state index contributed by atoms with van der Waals surface area (Å²) < 4.78 is 5.58. The Kier molecular flexibility index (Phi) is 37.1. The molecule has 6 rings (SSSR count). The molecule has 6 aromatic carbocycles. The first-order valence-electron chi connectivity index (χ1n) is 21.2. The maximum Gasteiger partial charge on any atom is 0.127 e. The van der Waals surface area contributed by atoms with Crippen LogP contribution in [0.4, 0.5) is 0 Å². The maximum atomic E-state index is 5.58. The molecule has 0 N–H and O–H groups in total. The van der Waals surface area contributed by atoms with Crippen molar-refractivity contribution in [2.24, 2.45) is 0 Å². The molecule has 0 radical (unpaired) electrons. The summed E-state index contributed by atoms with van der Waals surface area (Å²) in [7, 11) is 0. The highest BCUT2D eigenvalue weighted by Gasteiger charge is 2.07. The molecular weight excluding hydrogens is 697 g/mol. The Hall–Kier alpha value is -4.53. The summed E-state index contributed by atoms with van der Waals surface area (Å²) in [4.78, 5) is 2.57. The van der Waals surface area contributed by atoms with Crippen molar-refractivity contribution in [3.8, 4) is 11.5 Å². The van der Waals surface area contributed by atoms with Crippen LogP contribution in [0.15, 0.2) is 180 Å². The van der Waals surface area contributed by atoms with Gasteiger partial charge in [0.2, 0.25) is 0 Å². The maximum absolute atomic E-state index is 5.58. The Morgan fingerprint density at radius 3 is 0.929 bits per heavy atom. The van der Waals surface area contributed by atoms with Gasteiger partial charge in [-0.3, -0.25) is 0 Å². The van der Waals surface area contributed by atoms with E-state index in [0.29, 0.717) is 5.92 Å². The predicted octanol–water partition coefficient (Wildman–Crippen LogP) is 18.5. The van der Waals surface area contributed by atoms with Crippen molar-refractivity contribution in [1.82, 2.24) is 0 Å². The van der Waals surface area contributed by atoms with Gasteiger partial charge in [0, 0.05) is 15.7 Å². The minimum atomic E-state index is 0.473. The summed E-state index contributed by atoms with van der Waals surface area (Å²) in [6.45, 7) is 27.0. The van der Waals surface area contributed by atoms with Crippen LogP contribution in [-0.2, 0) is 0 Å². The SMILES string of the molecule is CC.CC.CC.CC.CCCCCC.Cc1ccc(C(C)c2ccc(C)cc2)cc1.c1ccc(Oc2ccccc2)cc1.c1ccc(Sc2ccccc2)cc1. The zero-order valence-electron chi connectivity index (χ0n) is 37.4. The summed E-state index contributed by atoms with van der Waals surface area (Å²) in [6, 6.07) is 57.9. The Morgan fingerprint density at radius 1 is 0.393 bits per heavy atom. The highest BCUT2D eigenvalue weighted by molar-refractivity contribution is 7.99. The second-order valence-corrected chi connectivity index (χ2v) is 12.9. The van der Waals surface area contributed by atoms with Crippen LogP contribution in [0.2, 0.25) is 0 Å². The molecule has 0 bridgehead atoms. The molecule has 0 unspecified atom stereocenters. The van der Waals surface area contributed by atoms with Crippen molar-refractivity contribution in [3.05, 3.63) is 192 Å². The van der Waals surface area contributed by atoms with Crippen LogP contribution in [0.1, 0.15) is 130 Å². The molecule has 2 heteroatoms. The van der Waals surface area contributed by atoms with Gasteiger partial charge in [0.15, 0.2) is 0 Å². The van der Waals surface area contributed by atoms with Gasteiger partial charge in [-0.1, -0.05) is 246 Å². The summed E-state index contributed by atoms with van der Waals surface area (Å²) in [5.74, 6) is 2.21. The van der Waals surface area contributed by atoms with Crippen LogP contribution in [0.5, 0.6) is 11.5 Å². The zero-order chi connectivity index (χ0) is 42.2. The van der Waals surface area contributed by atoms with Crippen LogP contribution in [0.25, 0.3) is 0 Å². The molecule has 0 aliphatic rings. The van der Waals surface area contributed by atoms with Gasteiger partial charge in [0.1, 0.15) is 11.5 Å². The van der Waals surface area contributed by atoms with Crippen molar-refractivity contribution in [1.29, 1.82) is 0 Å². The van der Waals surface area contributed by atoms with E-state index in [1.165, 1.54) is 57.7 Å². The minimum absolute atomic E-state index is 0.473. The molecule has 6 aromatic rings. The lowest BCUT2D eigenvalue weighted by Crippen LogP contribution is -1.95. The Balaban J connectivity index is 0. The van der Waals surface area contributed by atoms with Crippen LogP contribution in [0.3, 0.4) is 0 Å². The molecular formula is C54H76OS. The van der Waals surface area contributed by atoms with Gasteiger partial charge in [-0.15, -0.1) is 0 Å². The Morgan fingerprint density at radius 2 is 0.661 bits per heavy atom. The van der Waals surface area contributed by atoms with E-state index in [2.05, 4.69) is 132 Å². The molecule has 0 aromatic heterocycles. The minimum Gasteiger partial charge on any atom is -0.457 e. The van der Waals surface area contributed by atoms with Crippen molar-refractivity contribution < 1.29 is 4.74 Å². The number of benzene rings is 6. The van der Waals surface area contributed by atoms with E-state index < -0.39 is 0 Å². The molecule has 0 spiro atoms. The van der Waals surface area contributed by atoms with E-state index >= 15 is 0 Å². The number of aryl methyl sites for hydroxylation is 2. The van der Waals surface area contributed by atoms with Crippen molar-refractivity contribution >= 4 is 11.8 Å². The van der Waals surface area contributed by atoms with E-state index in [0.717, 1.165) is 11.5 Å². The number of hydrogen-bond donors (Lipinski definition) is 0. The van der Waals surface area contributed by atoms with Crippen LogP contribution in [0, 0.1) is 13.8 Å². The number of hydrogen-bond acceptors (Lipinski definition) is 2. The van der Waals surface area contributed by atoms with Crippen LogP contribution in [-0.4, -0.2) is 0 Å². The van der Waals surface area contributed by atoms with E-state index in [1.807, 2.05) is 128 Å². The number of ether oxygens (including phenoxy) is 1. The fourth-order valence-corrected chi connectivity index (χ4v) is 5.49. The predicted molar refractivity (Wildman–Crippen MR) is 255 cm³/mol. The molecule has 0 saturated carbocycles. The average molecular weight is 773 g/mol. The quantitative estimate of drug-likeness (QED) is 0.135. The lowest BCUT2D eigenvalue weighted by Gasteiger charge is -2.12. The molecule has 0 aliphatic heterocycles. The van der Waals surface area contributed by atoms with E-state index in [4.69, 9.17) is 4.74 Å². The van der Waals surface area contributed by atoms with Crippen molar-refractivity contribution in [2.75, 3.05) is 0 Å². The van der Waals surface area contributed by atoms with Gasteiger partial charge in [0.25, 0.3) is 0 Å². The molecule has 0 saturated heterocycles. The van der Waals surface area contributed by atoms with Crippen LogP contribution >= 0.6 is 11.8 Å². The van der Waals surface area contributed by atoms with E-state index in [1.54, 1.807) is 11.8 Å². The van der Waals surface area contributed by atoms with Crippen molar-refractivity contribution in [3.63, 3.8) is 0 Å². The highest BCUT2D eigenvalue weighted by Crippen LogP contribution is 2.27. The van der Waals surface area contributed by atoms with Gasteiger partial charge in [0.05, 0.1) is 0 Å². The van der Waals surface area contributed by atoms with Gasteiger partial charge in [-0.05, 0) is 73.5 Å². The zero-order valence-corrected chi connectivity index (χ0v) is 38.2. The van der Waals surface area contributed by atoms with Gasteiger partial charge in [-0.25, -0.2) is 0 Å². The lowest BCUT2D eigenvalue weighted by molar-refractivity contribution is 0.482. The molecule has 1 nitrogen and oxygen atoms in total. The molecule has 304 valence electrons. The highest BCUT2D eigenvalue weighted by atomic mass is 32.2. The Labute approximate surface area is 350 Å². The lowest BCUT2D eigenvalue weighted by atomic mass is 9.92. The third kappa shape index (κ3) is 26.3. The monoisotopic (exact) mass is 773 g/mol. The van der Waals surface area contributed by atoms with Gasteiger partial charge >= 0.3 is 0 Å².